The largest absolute Gasteiger partial charge is 0.340 e. The van der Waals surface area contributed by atoms with Crippen molar-refractivity contribution in [3.63, 3.8) is 0 Å². The van der Waals surface area contributed by atoms with E-state index in [-0.39, 0.29) is 5.91 Å². The number of benzene rings is 1. The third-order valence-corrected chi connectivity index (χ3v) is 5.19. The molecule has 0 atom stereocenters. The van der Waals surface area contributed by atoms with Gasteiger partial charge in [0.2, 0.25) is 5.95 Å². The number of rotatable bonds is 4. The second kappa shape index (κ2) is 8.26. The molecule has 0 aliphatic carbocycles. The topological polar surface area (TPSA) is 74.2 Å². The molecule has 0 saturated carbocycles. The molecule has 1 aliphatic heterocycles. The minimum absolute atomic E-state index is 0.00357. The number of hydrogen-bond donors (Lipinski definition) is 1. The summed E-state index contributed by atoms with van der Waals surface area (Å²) < 4.78 is 0. The molecule has 1 aliphatic rings. The summed E-state index contributed by atoms with van der Waals surface area (Å²) in [4.78, 5) is 29.7. The highest BCUT2D eigenvalue weighted by Crippen LogP contribution is 2.19. The highest BCUT2D eigenvalue weighted by atomic mass is 16.2. The Morgan fingerprint density at radius 2 is 1.69 bits per heavy atom. The van der Waals surface area contributed by atoms with E-state index in [1.807, 2.05) is 23.1 Å². The maximum absolute atomic E-state index is 12.8. The van der Waals surface area contributed by atoms with E-state index in [1.54, 1.807) is 24.7 Å². The molecule has 29 heavy (non-hydrogen) atoms. The van der Waals surface area contributed by atoms with E-state index >= 15 is 0 Å². The first-order valence-electron chi connectivity index (χ1n) is 9.72. The van der Waals surface area contributed by atoms with E-state index in [9.17, 15) is 4.79 Å². The number of nitrogens with one attached hydrogen (secondary N) is 1. The summed E-state index contributed by atoms with van der Waals surface area (Å²) in [6, 6.07) is 11.7. The zero-order valence-corrected chi connectivity index (χ0v) is 16.7. The predicted molar refractivity (Wildman–Crippen MR) is 114 cm³/mol. The van der Waals surface area contributed by atoms with Crippen LogP contribution in [0.4, 0.5) is 17.5 Å². The quantitative estimate of drug-likeness (QED) is 0.740. The lowest BCUT2D eigenvalue weighted by Gasteiger charge is -2.34. The molecule has 1 fully saturated rings. The highest BCUT2D eigenvalue weighted by Gasteiger charge is 2.23. The van der Waals surface area contributed by atoms with Crippen molar-refractivity contribution in [3.05, 3.63) is 71.7 Å². The van der Waals surface area contributed by atoms with Gasteiger partial charge in [-0.25, -0.2) is 15.0 Å². The number of aryl methyl sites for hydroxylation is 2. The molecule has 4 rings (SSSR count). The van der Waals surface area contributed by atoms with Gasteiger partial charge in [0, 0.05) is 50.5 Å². The highest BCUT2D eigenvalue weighted by molar-refractivity contribution is 5.94. The lowest BCUT2D eigenvalue weighted by atomic mass is 10.1. The molecule has 1 aromatic carbocycles. The molecule has 7 heteroatoms. The van der Waals surface area contributed by atoms with E-state index in [4.69, 9.17) is 0 Å². The maximum Gasteiger partial charge on any atom is 0.255 e. The van der Waals surface area contributed by atoms with Gasteiger partial charge in [0.1, 0.15) is 5.82 Å². The Morgan fingerprint density at radius 3 is 2.34 bits per heavy atom. The number of piperazine rings is 1. The van der Waals surface area contributed by atoms with Crippen molar-refractivity contribution in [2.24, 2.45) is 0 Å². The molecule has 1 saturated heterocycles. The number of pyridine rings is 1. The average molecular weight is 388 g/mol. The molecule has 0 unspecified atom stereocenters. The first-order valence-corrected chi connectivity index (χ1v) is 9.72. The van der Waals surface area contributed by atoms with Crippen molar-refractivity contribution in [3.8, 4) is 0 Å². The molecule has 1 N–H and O–H groups in total. The normalized spacial score (nSPS) is 14.0. The summed E-state index contributed by atoms with van der Waals surface area (Å²) in [7, 11) is 0. The molecule has 0 radical (unpaired) electrons. The molecule has 2 aromatic heterocycles. The molecule has 3 aromatic rings. The van der Waals surface area contributed by atoms with Crippen LogP contribution in [-0.2, 0) is 0 Å². The standard InChI is InChI=1S/C22H24N6O/c1-16-4-6-19(14-17(16)2)26-20-7-5-18(15-25-20)21(29)27-10-12-28(13-11-27)22-23-8-3-9-24-22/h3-9,14-15H,10-13H2,1-2H3,(H,25,26). The number of carbonyl (C=O) groups is 1. The molecule has 0 spiro atoms. The number of anilines is 3. The Balaban J connectivity index is 1.36. The zero-order chi connectivity index (χ0) is 20.2. The lowest BCUT2D eigenvalue weighted by Crippen LogP contribution is -2.49. The SMILES string of the molecule is Cc1ccc(Nc2ccc(C(=O)N3CCN(c4ncccn4)CC3)cn2)cc1C. The van der Waals surface area contributed by atoms with Crippen LogP contribution in [0.25, 0.3) is 0 Å². The summed E-state index contributed by atoms with van der Waals surface area (Å²) in [5, 5.41) is 3.29. The van der Waals surface area contributed by atoms with Gasteiger partial charge in [-0.1, -0.05) is 6.07 Å². The molecule has 7 nitrogen and oxygen atoms in total. The van der Waals surface area contributed by atoms with E-state index in [0.717, 1.165) is 24.6 Å². The summed E-state index contributed by atoms with van der Waals surface area (Å²) in [6.07, 6.45) is 5.11. The summed E-state index contributed by atoms with van der Waals surface area (Å²) in [5.74, 6) is 1.43. The molecule has 0 bridgehead atoms. The van der Waals surface area contributed by atoms with Crippen molar-refractivity contribution < 1.29 is 4.79 Å². The Kier molecular flexibility index (Phi) is 5.37. The van der Waals surface area contributed by atoms with Gasteiger partial charge in [-0.15, -0.1) is 0 Å². The van der Waals surface area contributed by atoms with Crippen LogP contribution in [0.1, 0.15) is 21.5 Å². The van der Waals surface area contributed by atoms with Gasteiger partial charge in [0.15, 0.2) is 0 Å². The van der Waals surface area contributed by atoms with Crippen molar-refractivity contribution in [2.75, 3.05) is 36.4 Å². The van der Waals surface area contributed by atoms with Crippen LogP contribution in [-0.4, -0.2) is 51.9 Å². The maximum atomic E-state index is 12.8. The number of carbonyl (C=O) groups excluding carboxylic acids is 1. The number of aromatic nitrogens is 3. The van der Waals surface area contributed by atoms with Crippen molar-refractivity contribution in [1.29, 1.82) is 0 Å². The van der Waals surface area contributed by atoms with Gasteiger partial charge in [0.05, 0.1) is 5.56 Å². The van der Waals surface area contributed by atoms with Gasteiger partial charge in [-0.2, -0.15) is 0 Å². The Hall–Kier alpha value is -3.48. The number of amides is 1. The van der Waals surface area contributed by atoms with Crippen LogP contribution in [0.3, 0.4) is 0 Å². The summed E-state index contributed by atoms with van der Waals surface area (Å²) in [6.45, 7) is 6.88. The van der Waals surface area contributed by atoms with Crippen LogP contribution >= 0.6 is 0 Å². The third-order valence-electron chi connectivity index (χ3n) is 5.19. The van der Waals surface area contributed by atoms with Gasteiger partial charge in [-0.3, -0.25) is 4.79 Å². The summed E-state index contributed by atoms with van der Waals surface area (Å²) >= 11 is 0. The predicted octanol–water partition coefficient (Wildman–Crippen LogP) is 3.19. The van der Waals surface area contributed by atoms with E-state index in [0.29, 0.717) is 24.6 Å². The monoisotopic (exact) mass is 388 g/mol. The number of nitrogens with zero attached hydrogens (tertiary/aromatic N) is 5. The van der Waals surface area contributed by atoms with Gasteiger partial charge >= 0.3 is 0 Å². The van der Waals surface area contributed by atoms with Crippen LogP contribution < -0.4 is 10.2 Å². The zero-order valence-electron chi connectivity index (χ0n) is 16.7. The second-order valence-electron chi connectivity index (χ2n) is 7.18. The fourth-order valence-corrected chi connectivity index (χ4v) is 3.31. The van der Waals surface area contributed by atoms with Gasteiger partial charge in [0.25, 0.3) is 5.91 Å². The Morgan fingerprint density at radius 1 is 0.931 bits per heavy atom. The smallest absolute Gasteiger partial charge is 0.255 e. The van der Waals surface area contributed by atoms with Crippen LogP contribution in [0, 0.1) is 13.8 Å². The fourth-order valence-electron chi connectivity index (χ4n) is 3.31. The van der Waals surface area contributed by atoms with Crippen molar-refractivity contribution in [1.82, 2.24) is 19.9 Å². The van der Waals surface area contributed by atoms with Crippen molar-refractivity contribution >= 4 is 23.4 Å². The van der Waals surface area contributed by atoms with E-state index in [2.05, 4.69) is 51.1 Å². The van der Waals surface area contributed by atoms with Gasteiger partial charge < -0.3 is 15.1 Å². The fraction of sp³-hybridized carbons (Fsp3) is 0.273. The first-order chi connectivity index (χ1) is 14.1. The van der Waals surface area contributed by atoms with E-state index < -0.39 is 0 Å². The Labute approximate surface area is 170 Å². The Bertz CT molecular complexity index is 982. The molecule has 148 valence electrons. The van der Waals surface area contributed by atoms with Crippen molar-refractivity contribution in [2.45, 2.75) is 13.8 Å². The lowest BCUT2D eigenvalue weighted by molar-refractivity contribution is 0.0746. The van der Waals surface area contributed by atoms with E-state index in [1.165, 1.54) is 11.1 Å². The minimum Gasteiger partial charge on any atom is -0.340 e. The van der Waals surface area contributed by atoms with Crippen LogP contribution in [0.2, 0.25) is 0 Å². The molecule has 1 amide bonds. The minimum atomic E-state index is 0.00357. The van der Waals surface area contributed by atoms with Crippen LogP contribution in [0.5, 0.6) is 0 Å². The third kappa shape index (κ3) is 4.34. The van der Waals surface area contributed by atoms with Gasteiger partial charge in [-0.05, 0) is 55.3 Å². The molecular weight excluding hydrogens is 364 g/mol. The number of hydrogen-bond acceptors (Lipinski definition) is 6. The first kappa shape index (κ1) is 18.9. The molecular formula is C22H24N6O. The average Bonchev–Trinajstić information content (AvgIpc) is 2.77. The summed E-state index contributed by atoms with van der Waals surface area (Å²) in [5.41, 5.74) is 4.06. The molecule has 3 heterocycles. The second-order valence-corrected chi connectivity index (χ2v) is 7.18. The van der Waals surface area contributed by atoms with Crippen LogP contribution in [0.15, 0.2) is 55.0 Å².